The van der Waals surface area contributed by atoms with E-state index >= 15 is 0 Å². The predicted octanol–water partition coefficient (Wildman–Crippen LogP) is 4.22. The molecule has 28 heavy (non-hydrogen) atoms. The molecule has 6 nitrogen and oxygen atoms in total. The van der Waals surface area contributed by atoms with E-state index in [1.807, 2.05) is 0 Å². The fourth-order valence-corrected chi connectivity index (χ4v) is 4.88. The Morgan fingerprint density at radius 3 is 2.71 bits per heavy atom. The van der Waals surface area contributed by atoms with Crippen molar-refractivity contribution in [3.05, 3.63) is 39.8 Å². The maximum absolute atomic E-state index is 12.9. The molecule has 1 amide bonds. The third-order valence-electron chi connectivity index (χ3n) is 4.93. The summed E-state index contributed by atoms with van der Waals surface area (Å²) in [6.07, 6.45) is 5.09. The molecule has 2 heterocycles. The summed E-state index contributed by atoms with van der Waals surface area (Å²) in [5, 5.41) is 3.51. The van der Waals surface area contributed by atoms with Crippen LogP contribution in [0, 0.1) is 0 Å². The van der Waals surface area contributed by atoms with Crippen LogP contribution in [0.1, 0.15) is 57.3 Å². The summed E-state index contributed by atoms with van der Waals surface area (Å²) in [4.78, 5) is 26.7. The fourth-order valence-electron chi connectivity index (χ4n) is 3.61. The van der Waals surface area contributed by atoms with Crippen LogP contribution in [0.25, 0.3) is 0 Å². The zero-order valence-corrected chi connectivity index (χ0v) is 16.7. The lowest BCUT2D eigenvalue weighted by Gasteiger charge is -2.18. The van der Waals surface area contributed by atoms with E-state index in [0.29, 0.717) is 47.4 Å². The number of aryl methyl sites for hydroxylation is 1. The maximum Gasteiger partial charge on any atom is 0.341 e. The van der Waals surface area contributed by atoms with Gasteiger partial charge in [0.15, 0.2) is 11.5 Å². The maximum atomic E-state index is 12.9. The molecule has 0 fully saturated rings. The van der Waals surface area contributed by atoms with Crippen molar-refractivity contribution in [1.82, 2.24) is 0 Å². The monoisotopic (exact) mass is 401 g/mol. The van der Waals surface area contributed by atoms with Crippen LogP contribution in [-0.2, 0) is 17.6 Å². The summed E-state index contributed by atoms with van der Waals surface area (Å²) in [6, 6.07) is 5.11. The van der Waals surface area contributed by atoms with Crippen molar-refractivity contribution in [2.75, 3.05) is 25.1 Å². The lowest BCUT2D eigenvalue weighted by Crippen LogP contribution is -2.18. The van der Waals surface area contributed by atoms with Crippen LogP contribution in [0.5, 0.6) is 11.5 Å². The van der Waals surface area contributed by atoms with Crippen LogP contribution >= 0.6 is 11.3 Å². The Morgan fingerprint density at radius 2 is 1.89 bits per heavy atom. The van der Waals surface area contributed by atoms with Crippen molar-refractivity contribution < 1.29 is 23.8 Å². The van der Waals surface area contributed by atoms with Crippen molar-refractivity contribution in [2.24, 2.45) is 0 Å². The number of carbonyl (C=O) groups is 2. The van der Waals surface area contributed by atoms with Gasteiger partial charge < -0.3 is 19.5 Å². The highest BCUT2D eigenvalue weighted by atomic mass is 32.1. The van der Waals surface area contributed by atoms with E-state index in [0.717, 1.165) is 37.7 Å². The first kappa shape index (κ1) is 18.8. The molecule has 1 aromatic carbocycles. The van der Waals surface area contributed by atoms with Gasteiger partial charge in [0.1, 0.15) is 18.2 Å². The van der Waals surface area contributed by atoms with Crippen molar-refractivity contribution >= 4 is 28.2 Å². The highest BCUT2D eigenvalue weighted by molar-refractivity contribution is 7.17. The minimum atomic E-state index is -0.362. The lowest BCUT2D eigenvalue weighted by atomic mass is 10.1. The highest BCUT2D eigenvalue weighted by Gasteiger charge is 2.27. The van der Waals surface area contributed by atoms with E-state index in [4.69, 9.17) is 14.2 Å². The standard InChI is InChI=1S/C21H23NO5S/c1-2-25-21(24)18-14-6-4-3-5-7-17(14)28-20(18)22-19(23)13-8-9-15-16(12-13)27-11-10-26-15/h8-9,12H,2-7,10-11H2,1H3,(H,22,23). The lowest BCUT2D eigenvalue weighted by molar-refractivity contribution is 0.0527. The molecule has 0 unspecified atom stereocenters. The molecule has 0 radical (unpaired) electrons. The molecular weight excluding hydrogens is 378 g/mol. The fraction of sp³-hybridized carbons (Fsp3) is 0.429. The van der Waals surface area contributed by atoms with Gasteiger partial charge in [0, 0.05) is 10.4 Å². The van der Waals surface area contributed by atoms with E-state index in [1.54, 1.807) is 25.1 Å². The van der Waals surface area contributed by atoms with Crippen molar-refractivity contribution in [2.45, 2.75) is 39.0 Å². The van der Waals surface area contributed by atoms with Gasteiger partial charge >= 0.3 is 5.97 Å². The molecule has 2 aliphatic rings. The SMILES string of the molecule is CCOC(=O)c1c(NC(=O)c2ccc3c(c2)OCCO3)sc2c1CCCCC2. The number of benzene rings is 1. The van der Waals surface area contributed by atoms with Gasteiger partial charge in [-0.15, -0.1) is 11.3 Å². The molecule has 2 aromatic rings. The van der Waals surface area contributed by atoms with Gasteiger partial charge in [0.25, 0.3) is 5.91 Å². The van der Waals surface area contributed by atoms with Crippen LogP contribution in [0.4, 0.5) is 5.00 Å². The number of ether oxygens (including phenoxy) is 3. The topological polar surface area (TPSA) is 73.9 Å². The summed E-state index contributed by atoms with van der Waals surface area (Å²) in [7, 11) is 0. The second kappa shape index (κ2) is 8.22. The first-order chi connectivity index (χ1) is 13.7. The Hall–Kier alpha value is -2.54. The minimum absolute atomic E-state index is 0.279. The second-order valence-corrected chi connectivity index (χ2v) is 7.91. The summed E-state index contributed by atoms with van der Waals surface area (Å²) in [5.74, 6) is 0.558. The van der Waals surface area contributed by atoms with Crippen LogP contribution in [-0.4, -0.2) is 31.7 Å². The molecule has 0 saturated carbocycles. The van der Waals surface area contributed by atoms with E-state index in [-0.39, 0.29) is 11.9 Å². The smallest absolute Gasteiger partial charge is 0.341 e. The summed E-state index contributed by atoms with van der Waals surface area (Å²) in [5.41, 5.74) is 2.02. The van der Waals surface area contributed by atoms with Crippen LogP contribution in [0.3, 0.4) is 0 Å². The Bertz CT molecular complexity index is 904. The average molecular weight is 401 g/mol. The number of thiophene rings is 1. The van der Waals surface area contributed by atoms with Gasteiger partial charge in [0.2, 0.25) is 0 Å². The van der Waals surface area contributed by atoms with Crippen molar-refractivity contribution in [1.29, 1.82) is 0 Å². The average Bonchev–Trinajstić information content (AvgIpc) is 2.88. The third kappa shape index (κ3) is 3.71. The zero-order valence-electron chi connectivity index (χ0n) is 15.8. The number of hydrogen-bond donors (Lipinski definition) is 1. The largest absolute Gasteiger partial charge is 0.486 e. The van der Waals surface area contributed by atoms with E-state index in [1.165, 1.54) is 16.2 Å². The number of rotatable bonds is 4. The first-order valence-corrected chi connectivity index (χ1v) is 10.5. The number of amides is 1. The molecule has 1 aliphatic carbocycles. The number of nitrogens with one attached hydrogen (secondary N) is 1. The van der Waals surface area contributed by atoms with Crippen LogP contribution in [0.15, 0.2) is 18.2 Å². The molecule has 0 saturated heterocycles. The number of carbonyl (C=O) groups excluding carboxylic acids is 2. The van der Waals surface area contributed by atoms with Crippen LogP contribution in [0.2, 0.25) is 0 Å². The first-order valence-electron chi connectivity index (χ1n) is 9.70. The van der Waals surface area contributed by atoms with E-state index in [2.05, 4.69) is 5.32 Å². The number of fused-ring (bicyclic) bond motifs is 2. The molecule has 1 N–H and O–H groups in total. The van der Waals surface area contributed by atoms with Gasteiger partial charge in [-0.05, 0) is 56.4 Å². The minimum Gasteiger partial charge on any atom is -0.486 e. The second-order valence-electron chi connectivity index (χ2n) is 6.80. The molecule has 148 valence electrons. The molecule has 4 rings (SSSR count). The Kier molecular flexibility index (Phi) is 5.52. The zero-order chi connectivity index (χ0) is 19.5. The summed E-state index contributed by atoms with van der Waals surface area (Å²) >= 11 is 1.49. The number of esters is 1. The molecule has 1 aliphatic heterocycles. The third-order valence-corrected chi connectivity index (χ3v) is 6.14. The van der Waals surface area contributed by atoms with Crippen LogP contribution < -0.4 is 14.8 Å². The Labute approximate surface area is 167 Å². The van der Waals surface area contributed by atoms with Crippen molar-refractivity contribution in [3.63, 3.8) is 0 Å². The van der Waals surface area contributed by atoms with E-state index < -0.39 is 0 Å². The van der Waals surface area contributed by atoms with Crippen molar-refractivity contribution in [3.8, 4) is 11.5 Å². The highest BCUT2D eigenvalue weighted by Crippen LogP contribution is 2.38. The molecular formula is C21H23NO5S. The molecule has 0 bridgehead atoms. The molecule has 0 spiro atoms. The van der Waals surface area contributed by atoms with E-state index in [9.17, 15) is 9.59 Å². The van der Waals surface area contributed by atoms with Gasteiger partial charge in [-0.1, -0.05) is 6.42 Å². The summed E-state index contributed by atoms with van der Waals surface area (Å²) in [6.45, 7) is 3.06. The normalized spacial score (nSPS) is 15.3. The Balaban J connectivity index is 1.63. The predicted molar refractivity (Wildman–Crippen MR) is 107 cm³/mol. The Morgan fingerprint density at radius 1 is 1.11 bits per heavy atom. The molecule has 7 heteroatoms. The van der Waals surface area contributed by atoms with Gasteiger partial charge in [0.05, 0.1) is 12.2 Å². The quantitative estimate of drug-likeness (QED) is 0.613. The van der Waals surface area contributed by atoms with Gasteiger partial charge in [-0.3, -0.25) is 4.79 Å². The van der Waals surface area contributed by atoms with Gasteiger partial charge in [-0.2, -0.15) is 0 Å². The molecule has 1 aromatic heterocycles. The summed E-state index contributed by atoms with van der Waals surface area (Å²) < 4.78 is 16.3. The number of anilines is 1. The number of hydrogen-bond acceptors (Lipinski definition) is 6. The van der Waals surface area contributed by atoms with Gasteiger partial charge in [-0.25, -0.2) is 4.79 Å². The molecule has 0 atom stereocenters.